The highest BCUT2D eigenvalue weighted by molar-refractivity contribution is 6.46. The summed E-state index contributed by atoms with van der Waals surface area (Å²) in [5.41, 5.74) is 1.85. The van der Waals surface area contributed by atoms with Crippen LogP contribution in [0.5, 0.6) is 11.5 Å². The molecule has 34 heavy (non-hydrogen) atoms. The van der Waals surface area contributed by atoms with Crippen LogP contribution in [0.1, 0.15) is 62.8 Å². The Balaban J connectivity index is 2.09. The minimum atomic E-state index is -0.823. The normalized spacial score (nSPS) is 17.7. The monoisotopic (exact) mass is 467 g/mol. The van der Waals surface area contributed by atoms with E-state index in [4.69, 9.17) is 9.47 Å². The number of Topliss-reactive ketones (excluding diaryl/α,β-unsaturated/α-hetero) is 1. The van der Waals surface area contributed by atoms with E-state index in [9.17, 15) is 19.8 Å². The molecule has 0 spiro atoms. The number of aromatic hydroxyl groups is 1. The van der Waals surface area contributed by atoms with Gasteiger partial charge in [-0.25, -0.2) is 0 Å². The Bertz CT molecular complexity index is 1090. The summed E-state index contributed by atoms with van der Waals surface area (Å²) < 4.78 is 11.0. The lowest BCUT2D eigenvalue weighted by Crippen LogP contribution is -2.31. The maximum atomic E-state index is 13.2. The number of rotatable bonds is 9. The van der Waals surface area contributed by atoms with Crippen molar-refractivity contribution in [3.8, 4) is 11.5 Å². The lowest BCUT2D eigenvalue weighted by atomic mass is 9.93. The van der Waals surface area contributed by atoms with E-state index < -0.39 is 17.7 Å². The Morgan fingerprint density at radius 2 is 1.82 bits per heavy atom. The highest BCUT2D eigenvalue weighted by Crippen LogP contribution is 2.41. The third-order valence-electron chi connectivity index (χ3n) is 5.85. The van der Waals surface area contributed by atoms with Crippen LogP contribution < -0.4 is 4.74 Å². The van der Waals surface area contributed by atoms with Crippen molar-refractivity contribution < 1.29 is 29.3 Å². The van der Waals surface area contributed by atoms with Gasteiger partial charge >= 0.3 is 0 Å². The second kappa shape index (κ2) is 10.7. The van der Waals surface area contributed by atoms with Crippen LogP contribution in [0.15, 0.2) is 48.0 Å². The molecule has 7 nitrogen and oxygen atoms in total. The molecule has 7 heteroatoms. The van der Waals surface area contributed by atoms with Gasteiger partial charge in [-0.2, -0.15) is 0 Å². The van der Waals surface area contributed by atoms with Gasteiger partial charge in [-0.3, -0.25) is 9.59 Å². The van der Waals surface area contributed by atoms with Gasteiger partial charge in [0.15, 0.2) is 0 Å². The first-order valence-electron chi connectivity index (χ1n) is 11.5. The number of hydrogen-bond donors (Lipinski definition) is 2. The molecule has 1 aliphatic heterocycles. The zero-order chi connectivity index (χ0) is 25.0. The molecule has 1 aliphatic rings. The van der Waals surface area contributed by atoms with Crippen molar-refractivity contribution in [1.82, 2.24) is 4.90 Å². The van der Waals surface area contributed by atoms with Crippen molar-refractivity contribution in [2.24, 2.45) is 0 Å². The third kappa shape index (κ3) is 5.25. The summed E-state index contributed by atoms with van der Waals surface area (Å²) in [7, 11) is 1.58. The highest BCUT2D eigenvalue weighted by Gasteiger charge is 2.46. The van der Waals surface area contributed by atoms with Gasteiger partial charge in [-0.05, 0) is 67.6 Å². The van der Waals surface area contributed by atoms with E-state index in [1.54, 1.807) is 37.4 Å². The van der Waals surface area contributed by atoms with Gasteiger partial charge in [0.1, 0.15) is 17.3 Å². The fraction of sp³-hybridized carbons (Fsp3) is 0.407. The molecule has 2 aromatic carbocycles. The van der Waals surface area contributed by atoms with Crippen LogP contribution in [0.3, 0.4) is 0 Å². The second-order valence-electron chi connectivity index (χ2n) is 8.97. The van der Waals surface area contributed by atoms with E-state index in [0.717, 1.165) is 5.56 Å². The van der Waals surface area contributed by atoms with Crippen LogP contribution in [-0.2, 0) is 14.3 Å². The standard InChI is InChI=1S/C27H33NO6/c1-16(2)21-15-19(10-11-22(21)33-5)25(30)23-24(18-8-6-9-20(29)14-18)28(27(32)26(23)31)12-7-13-34-17(3)4/h6,8-11,14-17,24,29-30H,7,12-13H2,1-5H3/b25-23-. The smallest absolute Gasteiger partial charge is 0.295 e. The molecule has 2 N–H and O–H groups in total. The topological polar surface area (TPSA) is 96.3 Å². The summed E-state index contributed by atoms with van der Waals surface area (Å²) in [6, 6.07) is 10.8. The number of methoxy groups -OCH3 is 1. The van der Waals surface area contributed by atoms with E-state index >= 15 is 0 Å². The summed E-state index contributed by atoms with van der Waals surface area (Å²) in [5.74, 6) is -0.876. The first-order valence-corrected chi connectivity index (χ1v) is 11.5. The van der Waals surface area contributed by atoms with E-state index in [0.29, 0.717) is 29.9 Å². The Morgan fingerprint density at radius 3 is 2.44 bits per heavy atom. The lowest BCUT2D eigenvalue weighted by molar-refractivity contribution is -0.140. The van der Waals surface area contributed by atoms with Crippen LogP contribution >= 0.6 is 0 Å². The highest BCUT2D eigenvalue weighted by atomic mass is 16.5. The second-order valence-corrected chi connectivity index (χ2v) is 8.97. The fourth-order valence-electron chi connectivity index (χ4n) is 4.19. The van der Waals surface area contributed by atoms with E-state index in [1.165, 1.54) is 17.0 Å². The number of likely N-dealkylation sites (tertiary alicyclic amines) is 1. The van der Waals surface area contributed by atoms with Crippen LogP contribution in [0, 0.1) is 0 Å². The van der Waals surface area contributed by atoms with E-state index in [1.807, 2.05) is 27.7 Å². The van der Waals surface area contributed by atoms with Gasteiger partial charge in [0, 0.05) is 18.7 Å². The molecule has 0 aromatic heterocycles. The predicted molar refractivity (Wildman–Crippen MR) is 130 cm³/mol. The SMILES string of the molecule is COc1ccc(/C(O)=C2/C(=O)C(=O)N(CCCOC(C)C)C2c2cccc(O)c2)cc1C(C)C. The molecule has 0 bridgehead atoms. The molecule has 1 fully saturated rings. The maximum Gasteiger partial charge on any atom is 0.295 e. The van der Waals surface area contributed by atoms with E-state index in [-0.39, 0.29) is 35.6 Å². The Labute approximate surface area is 200 Å². The van der Waals surface area contributed by atoms with Crippen molar-refractivity contribution in [1.29, 1.82) is 0 Å². The van der Waals surface area contributed by atoms with Gasteiger partial charge in [0.2, 0.25) is 0 Å². The molecule has 2 aromatic rings. The third-order valence-corrected chi connectivity index (χ3v) is 5.85. The molecule has 0 radical (unpaired) electrons. The molecule has 1 heterocycles. The van der Waals surface area contributed by atoms with Crippen molar-refractivity contribution in [2.45, 2.75) is 52.2 Å². The summed E-state index contributed by atoms with van der Waals surface area (Å²) in [4.78, 5) is 27.6. The number of hydrogen-bond acceptors (Lipinski definition) is 6. The number of ether oxygens (including phenoxy) is 2. The Morgan fingerprint density at radius 1 is 1.09 bits per heavy atom. The predicted octanol–water partition coefficient (Wildman–Crippen LogP) is 4.76. The molecule has 182 valence electrons. The van der Waals surface area contributed by atoms with Crippen LogP contribution in [0.4, 0.5) is 0 Å². The number of benzene rings is 2. The number of amides is 1. The van der Waals surface area contributed by atoms with Crippen LogP contribution in [0.2, 0.25) is 0 Å². The summed E-state index contributed by atoms with van der Waals surface area (Å²) in [6.45, 7) is 8.58. The zero-order valence-corrected chi connectivity index (χ0v) is 20.4. The quantitative estimate of drug-likeness (QED) is 0.239. The largest absolute Gasteiger partial charge is 0.508 e. The zero-order valence-electron chi connectivity index (χ0n) is 20.4. The Kier molecular flexibility index (Phi) is 7.99. The average molecular weight is 468 g/mol. The lowest BCUT2D eigenvalue weighted by Gasteiger charge is -2.25. The summed E-state index contributed by atoms with van der Waals surface area (Å²) in [5, 5.41) is 21.4. The van der Waals surface area contributed by atoms with Crippen molar-refractivity contribution in [2.75, 3.05) is 20.3 Å². The number of aliphatic hydroxyl groups excluding tert-OH is 1. The van der Waals surface area contributed by atoms with E-state index in [2.05, 4.69) is 0 Å². The molecule has 1 atom stereocenters. The number of carbonyl (C=O) groups is 2. The van der Waals surface area contributed by atoms with Gasteiger partial charge < -0.3 is 24.6 Å². The average Bonchev–Trinajstić information content (AvgIpc) is 3.05. The summed E-state index contributed by atoms with van der Waals surface area (Å²) in [6.07, 6.45) is 0.586. The van der Waals surface area contributed by atoms with Crippen LogP contribution in [0.25, 0.3) is 5.76 Å². The number of carbonyl (C=O) groups excluding carboxylic acids is 2. The first kappa shape index (κ1) is 25.3. The van der Waals surface area contributed by atoms with Gasteiger partial charge in [0.25, 0.3) is 11.7 Å². The first-order chi connectivity index (χ1) is 16.1. The molecule has 3 rings (SSSR count). The number of nitrogens with zero attached hydrogens (tertiary/aromatic N) is 1. The molecule has 0 saturated carbocycles. The number of aliphatic hydroxyl groups is 1. The number of ketones is 1. The number of phenols is 1. The molecule has 1 unspecified atom stereocenters. The van der Waals surface area contributed by atoms with Gasteiger partial charge in [-0.1, -0.05) is 26.0 Å². The van der Waals surface area contributed by atoms with Gasteiger partial charge in [0.05, 0.1) is 24.8 Å². The molecule has 1 amide bonds. The minimum Gasteiger partial charge on any atom is -0.508 e. The number of phenolic OH excluding ortho intramolecular Hbond substituents is 1. The minimum absolute atomic E-state index is 0.000232. The molecular weight excluding hydrogens is 434 g/mol. The van der Waals surface area contributed by atoms with Crippen molar-refractivity contribution in [3.05, 3.63) is 64.7 Å². The fourth-order valence-corrected chi connectivity index (χ4v) is 4.19. The molecular formula is C27H33NO6. The van der Waals surface area contributed by atoms with Gasteiger partial charge in [-0.15, -0.1) is 0 Å². The molecule has 0 aliphatic carbocycles. The van der Waals surface area contributed by atoms with Crippen molar-refractivity contribution in [3.63, 3.8) is 0 Å². The molecule has 1 saturated heterocycles. The van der Waals surface area contributed by atoms with Crippen molar-refractivity contribution >= 4 is 17.4 Å². The maximum absolute atomic E-state index is 13.2. The summed E-state index contributed by atoms with van der Waals surface area (Å²) >= 11 is 0. The Hall–Kier alpha value is -3.32. The van der Waals surface area contributed by atoms with Crippen LogP contribution in [-0.4, -0.2) is 53.2 Å².